The molecule has 0 spiro atoms. The van der Waals surface area contributed by atoms with Gasteiger partial charge in [0.25, 0.3) is 0 Å². The highest BCUT2D eigenvalue weighted by Gasteiger charge is 2.41. The highest BCUT2D eigenvalue weighted by atomic mass is 32.2. The number of nitriles is 1. The quantitative estimate of drug-likeness (QED) is 0.848. The van der Waals surface area contributed by atoms with Crippen molar-refractivity contribution in [2.24, 2.45) is 5.92 Å². The van der Waals surface area contributed by atoms with Crippen LogP contribution >= 0.6 is 0 Å². The second-order valence-electron chi connectivity index (χ2n) is 5.88. The number of nitrogens with zero attached hydrogens (tertiary/aromatic N) is 2. The molecule has 1 aliphatic heterocycles. The molecule has 2 fully saturated rings. The molecular weight excluding hydrogens is 286 g/mol. The number of rotatable bonds is 2. The van der Waals surface area contributed by atoms with Gasteiger partial charge in [0.15, 0.2) is 0 Å². The van der Waals surface area contributed by atoms with Gasteiger partial charge in [-0.2, -0.15) is 9.57 Å². The van der Waals surface area contributed by atoms with E-state index in [1.165, 1.54) is 12.1 Å². The molecule has 0 amide bonds. The number of sulfonamides is 1. The molecule has 0 aromatic heterocycles. The van der Waals surface area contributed by atoms with E-state index in [1.807, 2.05) is 6.07 Å². The molecule has 1 heterocycles. The summed E-state index contributed by atoms with van der Waals surface area (Å²) in [5, 5.41) is 9.20. The number of fused-ring (bicyclic) bond motifs is 1. The first-order valence-electron chi connectivity index (χ1n) is 7.35. The molecule has 1 aromatic carbocycles. The van der Waals surface area contributed by atoms with Crippen molar-refractivity contribution in [1.82, 2.24) is 4.31 Å². The molecule has 1 saturated heterocycles. The standard InChI is InChI=1S/C15H19N3O2S/c16-10-12-9-13(17)6-7-15(12)21(19,20)18-8-2-4-11-3-1-5-14(11)18/h6-7,9,11,14H,1-5,8,17H2. The Morgan fingerprint density at radius 3 is 2.76 bits per heavy atom. The summed E-state index contributed by atoms with van der Waals surface area (Å²) in [5.41, 5.74) is 6.19. The average molecular weight is 305 g/mol. The van der Waals surface area contributed by atoms with Crippen LogP contribution in [0.1, 0.15) is 37.7 Å². The van der Waals surface area contributed by atoms with Gasteiger partial charge in [0, 0.05) is 18.3 Å². The number of benzene rings is 1. The Bertz CT molecular complexity index is 693. The van der Waals surface area contributed by atoms with E-state index < -0.39 is 10.0 Å². The topological polar surface area (TPSA) is 87.2 Å². The van der Waals surface area contributed by atoms with E-state index in [9.17, 15) is 13.7 Å². The Morgan fingerprint density at radius 1 is 1.24 bits per heavy atom. The average Bonchev–Trinajstić information content (AvgIpc) is 2.94. The van der Waals surface area contributed by atoms with Crippen LogP contribution in [0.2, 0.25) is 0 Å². The molecule has 1 aromatic rings. The summed E-state index contributed by atoms with van der Waals surface area (Å²) in [6.07, 6.45) is 5.15. The van der Waals surface area contributed by atoms with Gasteiger partial charge in [-0.3, -0.25) is 0 Å². The summed E-state index contributed by atoms with van der Waals surface area (Å²) in [7, 11) is -3.62. The summed E-state index contributed by atoms with van der Waals surface area (Å²) < 4.78 is 27.5. The Labute approximate surface area is 125 Å². The third-order valence-corrected chi connectivity index (χ3v) is 6.64. The minimum Gasteiger partial charge on any atom is -0.399 e. The number of piperidine rings is 1. The second kappa shape index (κ2) is 5.32. The van der Waals surface area contributed by atoms with E-state index in [4.69, 9.17) is 5.73 Å². The van der Waals surface area contributed by atoms with Gasteiger partial charge in [0.2, 0.25) is 10.0 Å². The third kappa shape index (κ3) is 2.41. The Kier molecular flexibility index (Phi) is 3.64. The maximum Gasteiger partial charge on any atom is 0.244 e. The fourth-order valence-electron chi connectivity index (χ4n) is 3.69. The molecular formula is C15H19N3O2S. The lowest BCUT2D eigenvalue weighted by atomic mass is 9.94. The molecule has 2 unspecified atom stereocenters. The zero-order valence-corrected chi connectivity index (χ0v) is 12.6. The lowest BCUT2D eigenvalue weighted by Crippen LogP contribution is -2.46. The van der Waals surface area contributed by atoms with Crippen LogP contribution in [0.4, 0.5) is 5.69 Å². The van der Waals surface area contributed by atoms with Crippen LogP contribution in [0.25, 0.3) is 0 Å². The molecule has 0 bridgehead atoms. The Morgan fingerprint density at radius 2 is 2.00 bits per heavy atom. The van der Waals surface area contributed by atoms with Crippen molar-refractivity contribution in [2.75, 3.05) is 12.3 Å². The molecule has 2 atom stereocenters. The molecule has 1 aliphatic carbocycles. The van der Waals surface area contributed by atoms with Crippen molar-refractivity contribution in [3.8, 4) is 6.07 Å². The van der Waals surface area contributed by atoms with Gasteiger partial charge in [-0.15, -0.1) is 0 Å². The van der Waals surface area contributed by atoms with Gasteiger partial charge >= 0.3 is 0 Å². The largest absolute Gasteiger partial charge is 0.399 e. The zero-order valence-electron chi connectivity index (χ0n) is 11.8. The first-order chi connectivity index (χ1) is 10.0. The smallest absolute Gasteiger partial charge is 0.244 e. The van der Waals surface area contributed by atoms with Crippen molar-refractivity contribution >= 4 is 15.7 Å². The zero-order chi connectivity index (χ0) is 15.0. The predicted octanol–water partition coefficient (Wildman–Crippen LogP) is 2.09. The van der Waals surface area contributed by atoms with Crippen LogP contribution in [0.3, 0.4) is 0 Å². The van der Waals surface area contributed by atoms with Crippen LogP contribution in [0, 0.1) is 17.2 Å². The molecule has 3 rings (SSSR count). The van der Waals surface area contributed by atoms with Crippen molar-refractivity contribution < 1.29 is 8.42 Å². The highest BCUT2D eigenvalue weighted by Crippen LogP contribution is 2.39. The summed E-state index contributed by atoms with van der Waals surface area (Å²) >= 11 is 0. The van der Waals surface area contributed by atoms with Crippen LogP contribution in [-0.2, 0) is 10.0 Å². The third-order valence-electron chi connectivity index (χ3n) is 4.65. The lowest BCUT2D eigenvalue weighted by molar-refractivity contribution is 0.202. The minimum absolute atomic E-state index is 0.0896. The van der Waals surface area contributed by atoms with E-state index in [0.717, 1.165) is 32.1 Å². The number of nitrogens with two attached hydrogens (primary N) is 1. The van der Waals surface area contributed by atoms with Crippen LogP contribution in [0.5, 0.6) is 0 Å². The van der Waals surface area contributed by atoms with Gasteiger partial charge in [-0.05, 0) is 49.8 Å². The summed E-state index contributed by atoms with van der Waals surface area (Å²) in [6, 6.07) is 6.50. The number of hydrogen-bond donors (Lipinski definition) is 1. The van der Waals surface area contributed by atoms with Crippen molar-refractivity contribution in [3.63, 3.8) is 0 Å². The lowest BCUT2D eigenvalue weighted by Gasteiger charge is -2.36. The molecule has 0 radical (unpaired) electrons. The van der Waals surface area contributed by atoms with E-state index in [0.29, 0.717) is 18.2 Å². The molecule has 2 N–H and O–H groups in total. The maximum atomic E-state index is 13.0. The molecule has 2 aliphatic rings. The highest BCUT2D eigenvalue weighted by molar-refractivity contribution is 7.89. The van der Waals surface area contributed by atoms with E-state index in [1.54, 1.807) is 10.4 Å². The van der Waals surface area contributed by atoms with Crippen LogP contribution in [0.15, 0.2) is 23.1 Å². The van der Waals surface area contributed by atoms with Gasteiger partial charge in [0.05, 0.1) is 5.56 Å². The number of nitrogen functional groups attached to an aromatic ring is 1. The first kappa shape index (κ1) is 14.4. The van der Waals surface area contributed by atoms with Gasteiger partial charge in [-0.25, -0.2) is 8.42 Å². The molecule has 6 heteroatoms. The van der Waals surface area contributed by atoms with Gasteiger partial charge < -0.3 is 5.73 Å². The monoisotopic (exact) mass is 305 g/mol. The molecule has 1 saturated carbocycles. The first-order valence-corrected chi connectivity index (χ1v) is 8.79. The number of hydrogen-bond acceptors (Lipinski definition) is 4. The van der Waals surface area contributed by atoms with Crippen molar-refractivity contribution in [1.29, 1.82) is 5.26 Å². The summed E-state index contributed by atoms with van der Waals surface area (Å²) in [5.74, 6) is 0.479. The van der Waals surface area contributed by atoms with Crippen molar-refractivity contribution in [3.05, 3.63) is 23.8 Å². The predicted molar refractivity (Wildman–Crippen MR) is 79.8 cm³/mol. The Balaban J connectivity index is 2.02. The second-order valence-corrected chi connectivity index (χ2v) is 7.74. The van der Waals surface area contributed by atoms with Gasteiger partial charge in [0.1, 0.15) is 11.0 Å². The maximum absolute atomic E-state index is 13.0. The minimum atomic E-state index is -3.62. The fraction of sp³-hybridized carbons (Fsp3) is 0.533. The van der Waals surface area contributed by atoms with E-state index >= 15 is 0 Å². The Hall–Kier alpha value is -1.58. The van der Waals surface area contributed by atoms with Gasteiger partial charge in [-0.1, -0.05) is 6.42 Å². The number of anilines is 1. The van der Waals surface area contributed by atoms with E-state index in [2.05, 4.69) is 0 Å². The molecule has 21 heavy (non-hydrogen) atoms. The van der Waals surface area contributed by atoms with E-state index in [-0.39, 0.29) is 16.5 Å². The van der Waals surface area contributed by atoms with Crippen molar-refractivity contribution in [2.45, 2.75) is 43.0 Å². The molecule has 5 nitrogen and oxygen atoms in total. The SMILES string of the molecule is N#Cc1cc(N)ccc1S(=O)(=O)N1CCCC2CCCC21. The summed E-state index contributed by atoms with van der Waals surface area (Å²) in [6.45, 7) is 0.554. The molecule has 112 valence electrons. The summed E-state index contributed by atoms with van der Waals surface area (Å²) in [4.78, 5) is 0.0896. The van der Waals surface area contributed by atoms with Crippen LogP contribution in [-0.4, -0.2) is 25.3 Å². The van der Waals surface area contributed by atoms with Crippen LogP contribution < -0.4 is 5.73 Å². The fourth-order valence-corrected chi connectivity index (χ4v) is 5.57. The normalized spacial score (nSPS) is 26.2.